The quantitative estimate of drug-likeness (QED) is 0.450. The summed E-state index contributed by atoms with van der Waals surface area (Å²) < 4.78 is 5.22. The van der Waals surface area contributed by atoms with Crippen molar-refractivity contribution in [2.45, 2.75) is 51.3 Å². The van der Waals surface area contributed by atoms with E-state index in [4.69, 9.17) is 4.74 Å². The summed E-state index contributed by atoms with van der Waals surface area (Å²) in [5.41, 5.74) is 0.168. The first kappa shape index (κ1) is 24.0. The maximum Gasteiger partial charge on any atom is 0.325 e. The summed E-state index contributed by atoms with van der Waals surface area (Å²) in [6.45, 7) is 4.85. The molecule has 8 nitrogen and oxygen atoms in total. The van der Waals surface area contributed by atoms with Crippen LogP contribution in [0.1, 0.15) is 50.8 Å². The Balaban J connectivity index is 1.75. The molecule has 0 radical (unpaired) electrons. The van der Waals surface area contributed by atoms with Crippen LogP contribution in [0.5, 0.6) is 0 Å². The van der Waals surface area contributed by atoms with Gasteiger partial charge in [-0.15, -0.1) is 0 Å². The largest absolute Gasteiger partial charge is 0.463 e. The number of urea groups is 1. The molecule has 0 aliphatic carbocycles. The van der Waals surface area contributed by atoms with E-state index in [0.717, 1.165) is 10.5 Å². The van der Waals surface area contributed by atoms with Gasteiger partial charge < -0.3 is 15.4 Å². The molecule has 2 aromatic rings. The van der Waals surface area contributed by atoms with Crippen molar-refractivity contribution in [1.29, 1.82) is 0 Å². The van der Waals surface area contributed by atoms with Gasteiger partial charge in [0.15, 0.2) is 0 Å². The van der Waals surface area contributed by atoms with Gasteiger partial charge in [0.05, 0.1) is 18.6 Å². The van der Waals surface area contributed by atoms with Crippen molar-refractivity contribution in [2.75, 3.05) is 6.54 Å². The van der Waals surface area contributed by atoms with E-state index in [2.05, 4.69) is 10.6 Å². The molecule has 1 saturated heterocycles. The minimum atomic E-state index is -1.21. The molecule has 0 spiro atoms. The van der Waals surface area contributed by atoms with Crippen molar-refractivity contribution in [3.8, 4) is 0 Å². The summed E-state index contributed by atoms with van der Waals surface area (Å²) in [4.78, 5) is 52.0. The zero-order valence-electron chi connectivity index (χ0n) is 19.0. The van der Waals surface area contributed by atoms with Gasteiger partial charge in [0.2, 0.25) is 5.91 Å². The van der Waals surface area contributed by atoms with E-state index in [9.17, 15) is 19.2 Å². The molecule has 2 N–H and O–H groups in total. The predicted molar refractivity (Wildman–Crippen MR) is 122 cm³/mol. The van der Waals surface area contributed by atoms with E-state index in [-0.39, 0.29) is 12.5 Å². The third-order valence-corrected chi connectivity index (χ3v) is 5.55. The topological polar surface area (TPSA) is 105 Å². The van der Waals surface area contributed by atoms with E-state index < -0.39 is 41.9 Å². The lowest BCUT2D eigenvalue weighted by molar-refractivity contribution is -0.148. The van der Waals surface area contributed by atoms with Gasteiger partial charge >= 0.3 is 12.0 Å². The average molecular weight is 452 g/mol. The molecule has 0 bridgehead atoms. The van der Waals surface area contributed by atoms with Crippen LogP contribution in [0.3, 0.4) is 0 Å². The number of ether oxygens (including phenoxy) is 1. The summed E-state index contributed by atoms with van der Waals surface area (Å²) in [6, 6.07) is 16.7. The summed E-state index contributed by atoms with van der Waals surface area (Å²) in [7, 11) is 0. The molecule has 1 aliphatic heterocycles. The summed E-state index contributed by atoms with van der Waals surface area (Å²) in [5.74, 6) is -1.49. The first-order chi connectivity index (χ1) is 15.8. The van der Waals surface area contributed by atoms with Crippen molar-refractivity contribution in [3.05, 3.63) is 71.8 Å². The highest BCUT2D eigenvalue weighted by atomic mass is 16.5. The first-order valence-corrected chi connectivity index (χ1v) is 11.0. The van der Waals surface area contributed by atoms with Crippen LogP contribution in [-0.4, -0.2) is 41.4 Å². The third-order valence-electron chi connectivity index (χ3n) is 5.55. The number of imide groups is 1. The number of rotatable bonds is 9. The summed E-state index contributed by atoms with van der Waals surface area (Å²) in [5, 5.41) is 5.54. The third kappa shape index (κ3) is 5.39. The molecule has 2 aromatic carbocycles. The van der Waals surface area contributed by atoms with Crippen molar-refractivity contribution < 1.29 is 23.9 Å². The van der Waals surface area contributed by atoms with E-state index in [1.165, 1.54) is 0 Å². The van der Waals surface area contributed by atoms with Crippen LogP contribution in [0.25, 0.3) is 0 Å². The standard InChI is InChI=1S/C25H29N3O5/c1-4-25(19-13-9-6-10-14-19)23(31)28(24(32)27-25)16-21(29)26-20(15-22(30)33-17(2)3)18-11-7-5-8-12-18/h5-14,17,20H,4,15-16H2,1-3H3,(H,26,29)(H,27,32). The molecule has 174 valence electrons. The highest BCUT2D eigenvalue weighted by Gasteiger charge is 2.51. The number of carbonyl (C=O) groups is 4. The Hall–Kier alpha value is -3.68. The molecule has 33 heavy (non-hydrogen) atoms. The smallest absolute Gasteiger partial charge is 0.325 e. The lowest BCUT2D eigenvalue weighted by atomic mass is 9.87. The second kappa shape index (κ2) is 10.3. The molecule has 3 rings (SSSR count). The molecule has 2 atom stereocenters. The minimum Gasteiger partial charge on any atom is -0.463 e. The number of amides is 4. The molecule has 4 amide bonds. The fraction of sp³-hybridized carbons (Fsp3) is 0.360. The highest BCUT2D eigenvalue weighted by molar-refractivity contribution is 6.09. The van der Waals surface area contributed by atoms with Gasteiger partial charge in [0, 0.05) is 0 Å². The van der Waals surface area contributed by atoms with Crippen molar-refractivity contribution in [3.63, 3.8) is 0 Å². The Morgan fingerprint density at radius 3 is 2.21 bits per heavy atom. The van der Waals surface area contributed by atoms with Gasteiger partial charge in [-0.3, -0.25) is 19.3 Å². The van der Waals surface area contributed by atoms with Crippen LogP contribution in [-0.2, 0) is 24.7 Å². The van der Waals surface area contributed by atoms with Gasteiger partial charge in [0.25, 0.3) is 5.91 Å². The van der Waals surface area contributed by atoms with E-state index in [1.54, 1.807) is 69.3 Å². The average Bonchev–Trinajstić information content (AvgIpc) is 3.04. The number of carbonyl (C=O) groups excluding carboxylic acids is 4. The Morgan fingerprint density at radius 1 is 1.03 bits per heavy atom. The number of hydrogen-bond acceptors (Lipinski definition) is 5. The van der Waals surface area contributed by atoms with Crippen molar-refractivity contribution in [1.82, 2.24) is 15.5 Å². The summed E-state index contributed by atoms with van der Waals surface area (Å²) >= 11 is 0. The SMILES string of the molecule is CCC1(c2ccccc2)NC(=O)N(CC(=O)NC(CC(=O)OC(C)C)c2ccccc2)C1=O. The number of benzene rings is 2. The van der Waals surface area contributed by atoms with E-state index >= 15 is 0 Å². The molecule has 8 heteroatoms. The van der Waals surface area contributed by atoms with Crippen LogP contribution >= 0.6 is 0 Å². The lowest BCUT2D eigenvalue weighted by Crippen LogP contribution is -2.45. The van der Waals surface area contributed by atoms with Gasteiger partial charge in [-0.25, -0.2) is 4.79 Å². The van der Waals surface area contributed by atoms with Gasteiger partial charge in [-0.1, -0.05) is 67.6 Å². The molecule has 1 aliphatic rings. The van der Waals surface area contributed by atoms with Gasteiger partial charge in [-0.05, 0) is 31.4 Å². The number of nitrogens with one attached hydrogen (secondary N) is 2. The van der Waals surface area contributed by atoms with Crippen LogP contribution in [0, 0.1) is 0 Å². The van der Waals surface area contributed by atoms with Gasteiger partial charge in [0.1, 0.15) is 12.1 Å². The lowest BCUT2D eigenvalue weighted by Gasteiger charge is -2.26. The molecule has 2 unspecified atom stereocenters. The maximum atomic E-state index is 13.2. The first-order valence-electron chi connectivity index (χ1n) is 11.0. The van der Waals surface area contributed by atoms with Crippen molar-refractivity contribution >= 4 is 23.8 Å². The Bertz CT molecular complexity index is 1010. The van der Waals surface area contributed by atoms with E-state index in [0.29, 0.717) is 12.0 Å². The summed E-state index contributed by atoms with van der Waals surface area (Å²) in [6.07, 6.45) is -0.0135. The second-order valence-corrected chi connectivity index (χ2v) is 8.22. The zero-order chi connectivity index (χ0) is 24.0. The molecule has 1 fully saturated rings. The Morgan fingerprint density at radius 2 is 1.64 bits per heavy atom. The second-order valence-electron chi connectivity index (χ2n) is 8.22. The molecule has 0 aromatic heterocycles. The Kier molecular flexibility index (Phi) is 7.48. The van der Waals surface area contributed by atoms with Crippen LogP contribution in [0.15, 0.2) is 60.7 Å². The Labute approximate surface area is 193 Å². The minimum absolute atomic E-state index is 0.0724. The maximum absolute atomic E-state index is 13.2. The van der Waals surface area contributed by atoms with Crippen molar-refractivity contribution in [2.24, 2.45) is 0 Å². The van der Waals surface area contributed by atoms with E-state index in [1.807, 2.05) is 12.1 Å². The predicted octanol–water partition coefficient (Wildman–Crippen LogP) is 3.04. The normalized spacial score (nSPS) is 18.7. The number of hydrogen-bond donors (Lipinski definition) is 2. The number of nitrogens with zero attached hydrogens (tertiary/aromatic N) is 1. The highest BCUT2D eigenvalue weighted by Crippen LogP contribution is 2.32. The van der Waals surface area contributed by atoms with Crippen LogP contribution in [0.2, 0.25) is 0 Å². The molecule has 0 saturated carbocycles. The van der Waals surface area contributed by atoms with Crippen LogP contribution < -0.4 is 10.6 Å². The van der Waals surface area contributed by atoms with Gasteiger partial charge in [-0.2, -0.15) is 0 Å². The zero-order valence-corrected chi connectivity index (χ0v) is 19.0. The fourth-order valence-electron chi connectivity index (χ4n) is 3.93. The molecular weight excluding hydrogens is 422 g/mol. The van der Waals surface area contributed by atoms with Crippen LogP contribution in [0.4, 0.5) is 4.79 Å². The number of esters is 1. The molecular formula is C25H29N3O5. The molecule has 1 heterocycles. The monoisotopic (exact) mass is 451 g/mol. The fourth-order valence-corrected chi connectivity index (χ4v) is 3.93.